The fraction of sp³-hybridized carbons (Fsp3) is 0.538. The summed E-state index contributed by atoms with van der Waals surface area (Å²) in [5, 5.41) is 0. The maximum atomic E-state index is 13.2. The maximum Gasteiger partial charge on any atom is 0.128 e. The van der Waals surface area contributed by atoms with E-state index in [-0.39, 0.29) is 0 Å². The van der Waals surface area contributed by atoms with Gasteiger partial charge in [0, 0.05) is 37.4 Å². The third-order valence-electron chi connectivity index (χ3n) is 3.80. The molecule has 1 aromatic rings. The van der Waals surface area contributed by atoms with E-state index in [2.05, 4.69) is 9.80 Å². The lowest BCUT2D eigenvalue weighted by molar-refractivity contribution is 0.231. The summed E-state index contributed by atoms with van der Waals surface area (Å²) in [6.07, 6.45) is 2.45. The molecule has 0 N–H and O–H groups in total. The number of anilines is 1. The van der Waals surface area contributed by atoms with Gasteiger partial charge in [0.15, 0.2) is 0 Å². The van der Waals surface area contributed by atoms with Crippen LogP contribution in [0.1, 0.15) is 12.8 Å². The first-order valence-corrected chi connectivity index (χ1v) is 6.17. The number of fused-ring (bicyclic) bond motifs is 1. The van der Waals surface area contributed by atoms with E-state index in [9.17, 15) is 8.78 Å². The second-order valence-corrected chi connectivity index (χ2v) is 4.91. The molecule has 2 aliphatic rings. The van der Waals surface area contributed by atoms with Gasteiger partial charge >= 0.3 is 0 Å². The van der Waals surface area contributed by atoms with Gasteiger partial charge in [-0.3, -0.25) is 4.90 Å². The average Bonchev–Trinajstić information content (AvgIpc) is 2.74. The summed E-state index contributed by atoms with van der Waals surface area (Å²) >= 11 is 0. The Morgan fingerprint density at radius 3 is 2.53 bits per heavy atom. The van der Waals surface area contributed by atoms with E-state index in [4.69, 9.17) is 0 Å². The SMILES string of the molecule is Fc1cc(F)cc(N2CCN3CCCC3C2)c1. The van der Waals surface area contributed by atoms with E-state index < -0.39 is 11.6 Å². The molecule has 92 valence electrons. The zero-order chi connectivity index (χ0) is 11.8. The van der Waals surface area contributed by atoms with Crippen LogP contribution in [0.15, 0.2) is 18.2 Å². The Labute approximate surface area is 99.8 Å². The molecule has 2 nitrogen and oxygen atoms in total. The largest absolute Gasteiger partial charge is 0.369 e. The topological polar surface area (TPSA) is 6.48 Å². The summed E-state index contributed by atoms with van der Waals surface area (Å²) in [4.78, 5) is 4.57. The number of halogens is 2. The lowest BCUT2D eigenvalue weighted by Gasteiger charge is -2.38. The van der Waals surface area contributed by atoms with Gasteiger partial charge in [-0.15, -0.1) is 0 Å². The van der Waals surface area contributed by atoms with Gasteiger partial charge in [0.25, 0.3) is 0 Å². The van der Waals surface area contributed by atoms with Crippen LogP contribution in [-0.2, 0) is 0 Å². The molecule has 1 atom stereocenters. The van der Waals surface area contributed by atoms with Crippen molar-refractivity contribution in [3.63, 3.8) is 0 Å². The number of hydrogen-bond donors (Lipinski definition) is 0. The molecule has 0 spiro atoms. The Balaban J connectivity index is 1.80. The van der Waals surface area contributed by atoms with Gasteiger partial charge in [-0.25, -0.2) is 8.78 Å². The van der Waals surface area contributed by atoms with Crippen LogP contribution < -0.4 is 4.90 Å². The van der Waals surface area contributed by atoms with Gasteiger partial charge in [-0.2, -0.15) is 0 Å². The van der Waals surface area contributed by atoms with Crippen LogP contribution in [0.25, 0.3) is 0 Å². The van der Waals surface area contributed by atoms with Crippen LogP contribution in [0.3, 0.4) is 0 Å². The summed E-state index contributed by atoms with van der Waals surface area (Å²) < 4.78 is 26.3. The summed E-state index contributed by atoms with van der Waals surface area (Å²) in [5.74, 6) is -0.984. The predicted octanol–water partition coefficient (Wildman–Crippen LogP) is 2.25. The second-order valence-electron chi connectivity index (χ2n) is 4.91. The second kappa shape index (κ2) is 4.26. The molecule has 0 radical (unpaired) electrons. The van der Waals surface area contributed by atoms with E-state index in [1.54, 1.807) is 0 Å². The zero-order valence-corrected chi connectivity index (χ0v) is 9.70. The summed E-state index contributed by atoms with van der Waals surface area (Å²) in [7, 11) is 0. The number of rotatable bonds is 1. The minimum absolute atomic E-state index is 0.492. The molecule has 2 heterocycles. The standard InChI is InChI=1S/C13H16F2N2/c14-10-6-11(15)8-13(7-10)17-5-4-16-3-1-2-12(16)9-17/h6-8,12H,1-5,9H2. The number of benzene rings is 1. The van der Waals surface area contributed by atoms with E-state index in [1.165, 1.54) is 31.5 Å². The zero-order valence-electron chi connectivity index (χ0n) is 9.70. The molecule has 2 aliphatic heterocycles. The van der Waals surface area contributed by atoms with Crippen LogP contribution in [0.2, 0.25) is 0 Å². The minimum atomic E-state index is -0.492. The Hall–Kier alpha value is -1.16. The Morgan fingerprint density at radius 1 is 1.00 bits per heavy atom. The monoisotopic (exact) mass is 238 g/mol. The van der Waals surface area contributed by atoms with Gasteiger partial charge in [0.05, 0.1) is 0 Å². The minimum Gasteiger partial charge on any atom is -0.369 e. The van der Waals surface area contributed by atoms with Gasteiger partial charge in [0.2, 0.25) is 0 Å². The van der Waals surface area contributed by atoms with Crippen LogP contribution in [0.4, 0.5) is 14.5 Å². The number of piperazine rings is 1. The molecular formula is C13H16F2N2. The highest BCUT2D eigenvalue weighted by Gasteiger charge is 2.30. The lowest BCUT2D eigenvalue weighted by Crippen LogP contribution is -2.50. The maximum absolute atomic E-state index is 13.2. The van der Waals surface area contributed by atoms with E-state index in [1.807, 2.05) is 0 Å². The van der Waals surface area contributed by atoms with Gasteiger partial charge in [0.1, 0.15) is 11.6 Å². The lowest BCUT2D eigenvalue weighted by atomic mass is 10.1. The van der Waals surface area contributed by atoms with Crippen molar-refractivity contribution < 1.29 is 8.78 Å². The van der Waals surface area contributed by atoms with Crippen molar-refractivity contribution in [3.8, 4) is 0 Å². The molecule has 2 fully saturated rings. The Morgan fingerprint density at radius 2 is 1.76 bits per heavy atom. The van der Waals surface area contributed by atoms with Crippen LogP contribution in [-0.4, -0.2) is 37.1 Å². The molecule has 17 heavy (non-hydrogen) atoms. The van der Waals surface area contributed by atoms with E-state index in [0.717, 1.165) is 25.7 Å². The molecule has 0 bridgehead atoms. The predicted molar refractivity (Wildman–Crippen MR) is 63.2 cm³/mol. The molecule has 2 saturated heterocycles. The first kappa shape index (κ1) is 11.0. The van der Waals surface area contributed by atoms with Crippen molar-refractivity contribution in [2.45, 2.75) is 18.9 Å². The molecule has 3 rings (SSSR count). The summed E-state index contributed by atoms with van der Waals surface area (Å²) in [5.41, 5.74) is 0.675. The Kier molecular flexibility index (Phi) is 2.74. The highest BCUT2D eigenvalue weighted by atomic mass is 19.1. The van der Waals surface area contributed by atoms with E-state index in [0.29, 0.717) is 11.7 Å². The average molecular weight is 238 g/mol. The van der Waals surface area contributed by atoms with Crippen molar-refractivity contribution in [1.82, 2.24) is 4.90 Å². The third-order valence-corrected chi connectivity index (χ3v) is 3.80. The fourth-order valence-corrected chi connectivity index (χ4v) is 2.95. The van der Waals surface area contributed by atoms with Crippen molar-refractivity contribution in [2.24, 2.45) is 0 Å². The summed E-state index contributed by atoms with van der Waals surface area (Å²) in [6.45, 7) is 3.93. The molecule has 1 unspecified atom stereocenters. The van der Waals surface area contributed by atoms with Gasteiger partial charge < -0.3 is 4.90 Å². The molecular weight excluding hydrogens is 222 g/mol. The van der Waals surface area contributed by atoms with Crippen molar-refractivity contribution in [3.05, 3.63) is 29.8 Å². The van der Waals surface area contributed by atoms with Crippen molar-refractivity contribution in [1.29, 1.82) is 0 Å². The highest BCUT2D eigenvalue weighted by Crippen LogP contribution is 2.26. The van der Waals surface area contributed by atoms with Crippen molar-refractivity contribution >= 4 is 5.69 Å². The number of nitrogens with zero attached hydrogens (tertiary/aromatic N) is 2. The van der Waals surface area contributed by atoms with Gasteiger partial charge in [-0.1, -0.05) is 0 Å². The van der Waals surface area contributed by atoms with Crippen molar-refractivity contribution in [2.75, 3.05) is 31.1 Å². The molecule has 0 aromatic heterocycles. The quantitative estimate of drug-likeness (QED) is 0.740. The molecule has 0 amide bonds. The van der Waals surface area contributed by atoms with Crippen LogP contribution in [0, 0.1) is 11.6 Å². The smallest absolute Gasteiger partial charge is 0.128 e. The highest BCUT2D eigenvalue weighted by molar-refractivity contribution is 5.47. The third kappa shape index (κ3) is 2.14. The normalized spacial score (nSPS) is 25.1. The van der Waals surface area contributed by atoms with Gasteiger partial charge in [-0.05, 0) is 31.5 Å². The first-order chi connectivity index (χ1) is 8.22. The first-order valence-electron chi connectivity index (χ1n) is 6.17. The molecule has 1 aromatic carbocycles. The van der Waals surface area contributed by atoms with Crippen LogP contribution >= 0.6 is 0 Å². The molecule has 4 heteroatoms. The Bertz CT molecular complexity index is 402. The fourth-order valence-electron chi connectivity index (χ4n) is 2.95. The van der Waals surface area contributed by atoms with Crippen LogP contribution in [0.5, 0.6) is 0 Å². The molecule has 0 aliphatic carbocycles. The summed E-state index contributed by atoms with van der Waals surface area (Å²) in [6, 6.07) is 4.34. The molecule has 0 saturated carbocycles. The van der Waals surface area contributed by atoms with E-state index >= 15 is 0 Å². The number of hydrogen-bond acceptors (Lipinski definition) is 2.